The molecule has 3 heteroatoms. The van der Waals surface area contributed by atoms with Gasteiger partial charge in [-0.05, 0) is 24.5 Å². The van der Waals surface area contributed by atoms with E-state index in [0.717, 1.165) is 25.7 Å². The minimum Gasteiger partial charge on any atom is -0.388 e. The van der Waals surface area contributed by atoms with E-state index in [0.29, 0.717) is 10.6 Å². The fourth-order valence-corrected chi connectivity index (χ4v) is 2.21. The van der Waals surface area contributed by atoms with Crippen LogP contribution >= 0.6 is 11.6 Å². The van der Waals surface area contributed by atoms with E-state index >= 15 is 0 Å². The molecule has 2 atom stereocenters. The summed E-state index contributed by atoms with van der Waals surface area (Å²) in [5, 5.41) is 10.6. The lowest BCUT2D eigenvalue weighted by atomic mass is 9.89. The van der Waals surface area contributed by atoms with Crippen molar-refractivity contribution in [1.29, 1.82) is 0 Å². The Kier molecular flexibility index (Phi) is 5.93. The topological polar surface area (TPSA) is 20.2 Å². The van der Waals surface area contributed by atoms with Gasteiger partial charge in [0.2, 0.25) is 0 Å². The van der Waals surface area contributed by atoms with Crippen LogP contribution in [0.4, 0.5) is 4.39 Å². The maximum absolute atomic E-state index is 13.7. The standard InChI is InChI=1S/C14H20ClFO/c1-3-5-6-10(4-2)14(17)12-8-7-11(15)9-13(12)16/h7-10,14,17H,3-6H2,1-2H3. The number of hydrogen-bond donors (Lipinski definition) is 1. The van der Waals surface area contributed by atoms with Crippen LogP contribution < -0.4 is 0 Å². The zero-order valence-corrected chi connectivity index (χ0v) is 11.2. The van der Waals surface area contributed by atoms with Crippen molar-refractivity contribution in [1.82, 2.24) is 0 Å². The van der Waals surface area contributed by atoms with Gasteiger partial charge >= 0.3 is 0 Å². The Labute approximate surface area is 108 Å². The maximum atomic E-state index is 13.7. The highest BCUT2D eigenvalue weighted by Crippen LogP contribution is 2.31. The van der Waals surface area contributed by atoms with Crippen LogP contribution in [0.3, 0.4) is 0 Å². The van der Waals surface area contributed by atoms with E-state index in [2.05, 4.69) is 6.92 Å². The lowest BCUT2D eigenvalue weighted by molar-refractivity contribution is 0.0954. The number of benzene rings is 1. The smallest absolute Gasteiger partial charge is 0.130 e. The summed E-state index contributed by atoms with van der Waals surface area (Å²) in [5.41, 5.74) is 0.359. The predicted octanol–water partition coefficient (Wildman–Crippen LogP) is 4.73. The molecule has 1 nitrogen and oxygen atoms in total. The monoisotopic (exact) mass is 258 g/mol. The molecule has 0 saturated carbocycles. The fourth-order valence-electron chi connectivity index (χ4n) is 2.05. The molecule has 1 aromatic carbocycles. The molecule has 0 aliphatic rings. The Balaban J connectivity index is 2.81. The molecule has 17 heavy (non-hydrogen) atoms. The lowest BCUT2D eigenvalue weighted by Gasteiger charge is -2.22. The van der Waals surface area contributed by atoms with E-state index in [1.807, 2.05) is 6.92 Å². The molecule has 0 bridgehead atoms. The lowest BCUT2D eigenvalue weighted by Crippen LogP contribution is -2.13. The third-order valence-corrected chi connectivity index (χ3v) is 3.42. The van der Waals surface area contributed by atoms with Crippen LogP contribution in [0.1, 0.15) is 51.2 Å². The molecular weight excluding hydrogens is 239 g/mol. The summed E-state index contributed by atoms with van der Waals surface area (Å²) in [4.78, 5) is 0. The van der Waals surface area contributed by atoms with Crippen molar-refractivity contribution in [3.05, 3.63) is 34.6 Å². The minimum atomic E-state index is -0.733. The average Bonchev–Trinajstić information content (AvgIpc) is 2.29. The Morgan fingerprint density at radius 3 is 2.59 bits per heavy atom. The van der Waals surface area contributed by atoms with Crippen LogP contribution in [0.15, 0.2) is 18.2 Å². The first-order valence-corrected chi connectivity index (χ1v) is 6.60. The van der Waals surface area contributed by atoms with E-state index in [-0.39, 0.29) is 5.92 Å². The molecular formula is C14H20ClFO. The van der Waals surface area contributed by atoms with Gasteiger partial charge in [0, 0.05) is 10.6 Å². The van der Waals surface area contributed by atoms with Crippen molar-refractivity contribution < 1.29 is 9.50 Å². The number of hydrogen-bond acceptors (Lipinski definition) is 1. The summed E-state index contributed by atoms with van der Waals surface area (Å²) in [5.74, 6) is -0.300. The zero-order valence-electron chi connectivity index (χ0n) is 10.4. The number of halogens is 2. The zero-order chi connectivity index (χ0) is 12.8. The van der Waals surface area contributed by atoms with Crippen LogP contribution in [-0.2, 0) is 0 Å². The summed E-state index contributed by atoms with van der Waals surface area (Å²) in [7, 11) is 0. The highest BCUT2D eigenvalue weighted by molar-refractivity contribution is 6.30. The Hall–Kier alpha value is -0.600. The molecule has 0 aliphatic heterocycles. The molecule has 0 radical (unpaired) electrons. The summed E-state index contributed by atoms with van der Waals surface area (Å²) in [6.45, 7) is 4.14. The number of unbranched alkanes of at least 4 members (excludes halogenated alkanes) is 1. The second-order valence-corrected chi connectivity index (χ2v) is 4.86. The SMILES string of the molecule is CCCCC(CC)C(O)c1ccc(Cl)cc1F. The molecule has 1 aromatic rings. The molecule has 96 valence electrons. The van der Waals surface area contributed by atoms with Gasteiger partial charge in [-0.25, -0.2) is 4.39 Å². The van der Waals surface area contributed by atoms with Gasteiger partial charge in [-0.1, -0.05) is 50.8 Å². The summed E-state index contributed by atoms with van der Waals surface area (Å²) >= 11 is 5.70. The largest absolute Gasteiger partial charge is 0.388 e. The highest BCUT2D eigenvalue weighted by Gasteiger charge is 2.21. The van der Waals surface area contributed by atoms with Crippen LogP contribution in [0.2, 0.25) is 5.02 Å². The van der Waals surface area contributed by atoms with E-state index in [9.17, 15) is 9.50 Å². The van der Waals surface area contributed by atoms with Crippen LogP contribution in [0.25, 0.3) is 0 Å². The summed E-state index contributed by atoms with van der Waals surface area (Å²) in [6, 6.07) is 4.46. The summed E-state index contributed by atoms with van der Waals surface area (Å²) in [6.07, 6.45) is 3.19. The molecule has 1 rings (SSSR count). The molecule has 0 aliphatic carbocycles. The van der Waals surface area contributed by atoms with Crippen LogP contribution in [0.5, 0.6) is 0 Å². The first-order chi connectivity index (χ1) is 8.10. The van der Waals surface area contributed by atoms with E-state index in [4.69, 9.17) is 11.6 Å². The Morgan fingerprint density at radius 2 is 2.06 bits per heavy atom. The van der Waals surface area contributed by atoms with Crippen molar-refractivity contribution >= 4 is 11.6 Å². The van der Waals surface area contributed by atoms with Gasteiger partial charge in [-0.15, -0.1) is 0 Å². The van der Waals surface area contributed by atoms with Gasteiger partial charge in [-0.3, -0.25) is 0 Å². The second kappa shape index (κ2) is 6.97. The van der Waals surface area contributed by atoms with Gasteiger partial charge in [0.1, 0.15) is 5.82 Å². The highest BCUT2D eigenvalue weighted by atomic mass is 35.5. The minimum absolute atomic E-state index is 0.116. The molecule has 1 N–H and O–H groups in total. The molecule has 2 unspecified atom stereocenters. The summed E-state index contributed by atoms with van der Waals surface area (Å²) < 4.78 is 13.7. The molecule has 0 amide bonds. The van der Waals surface area contributed by atoms with Crippen molar-refractivity contribution in [2.75, 3.05) is 0 Å². The Morgan fingerprint density at radius 1 is 1.35 bits per heavy atom. The average molecular weight is 259 g/mol. The second-order valence-electron chi connectivity index (χ2n) is 4.42. The van der Waals surface area contributed by atoms with Gasteiger partial charge in [-0.2, -0.15) is 0 Å². The van der Waals surface area contributed by atoms with E-state index < -0.39 is 11.9 Å². The van der Waals surface area contributed by atoms with Gasteiger partial charge < -0.3 is 5.11 Å². The molecule has 0 spiro atoms. The van der Waals surface area contributed by atoms with Crippen LogP contribution in [0, 0.1) is 11.7 Å². The van der Waals surface area contributed by atoms with Crippen molar-refractivity contribution in [3.63, 3.8) is 0 Å². The third-order valence-electron chi connectivity index (χ3n) is 3.18. The number of aliphatic hydroxyl groups excluding tert-OH is 1. The first kappa shape index (κ1) is 14.5. The Bertz CT molecular complexity index is 354. The predicted molar refractivity (Wildman–Crippen MR) is 69.7 cm³/mol. The van der Waals surface area contributed by atoms with Crippen molar-refractivity contribution in [3.8, 4) is 0 Å². The number of rotatable bonds is 6. The van der Waals surface area contributed by atoms with Crippen molar-refractivity contribution in [2.45, 2.75) is 45.6 Å². The normalized spacial score (nSPS) is 14.6. The molecule has 0 aromatic heterocycles. The quantitative estimate of drug-likeness (QED) is 0.782. The maximum Gasteiger partial charge on any atom is 0.130 e. The molecule has 0 fully saturated rings. The molecule has 0 heterocycles. The van der Waals surface area contributed by atoms with Gasteiger partial charge in [0.15, 0.2) is 0 Å². The van der Waals surface area contributed by atoms with E-state index in [1.165, 1.54) is 6.07 Å². The molecule has 0 saturated heterocycles. The fraction of sp³-hybridized carbons (Fsp3) is 0.571. The first-order valence-electron chi connectivity index (χ1n) is 6.23. The van der Waals surface area contributed by atoms with Crippen LogP contribution in [-0.4, -0.2) is 5.11 Å². The van der Waals surface area contributed by atoms with Gasteiger partial charge in [0.05, 0.1) is 6.10 Å². The number of aliphatic hydroxyl groups is 1. The van der Waals surface area contributed by atoms with Gasteiger partial charge in [0.25, 0.3) is 0 Å². The third kappa shape index (κ3) is 3.97. The van der Waals surface area contributed by atoms with Crippen molar-refractivity contribution in [2.24, 2.45) is 5.92 Å². The van der Waals surface area contributed by atoms with E-state index in [1.54, 1.807) is 12.1 Å².